The van der Waals surface area contributed by atoms with Crippen LogP contribution in [-0.2, 0) is 0 Å². The highest BCUT2D eigenvalue weighted by Crippen LogP contribution is 2.28. The summed E-state index contributed by atoms with van der Waals surface area (Å²) in [5, 5.41) is 2.86. The second-order valence-electron chi connectivity index (χ2n) is 5.96. The van der Waals surface area contributed by atoms with Gasteiger partial charge in [0.05, 0.1) is 19.8 Å². The highest BCUT2D eigenvalue weighted by Gasteiger charge is 2.11. The summed E-state index contributed by atoms with van der Waals surface area (Å²) in [6.07, 6.45) is 0. The fraction of sp³-hybridized carbons (Fsp3) is 0.381. The standard InChI is InChI=1S/C21H27NO4/c1-5-24-19-8-7-17(14-20(19)25-6-2)21(23)22-9-10-26-18-12-15(3)11-16(4)13-18/h7-8,11-14H,5-6,9-10H2,1-4H3,(H,22,23). The maximum Gasteiger partial charge on any atom is 0.251 e. The highest BCUT2D eigenvalue weighted by molar-refractivity contribution is 5.94. The number of aryl methyl sites for hydroxylation is 2. The predicted octanol–water partition coefficient (Wildman–Crippen LogP) is 3.91. The minimum Gasteiger partial charge on any atom is -0.492 e. The Bertz CT molecular complexity index is 723. The van der Waals surface area contributed by atoms with Gasteiger partial charge in [-0.15, -0.1) is 0 Å². The quantitative estimate of drug-likeness (QED) is 0.691. The molecule has 1 amide bonds. The predicted molar refractivity (Wildman–Crippen MR) is 103 cm³/mol. The first-order chi connectivity index (χ1) is 12.5. The molecule has 2 aromatic rings. The SMILES string of the molecule is CCOc1ccc(C(=O)NCCOc2cc(C)cc(C)c2)cc1OCC. The minimum atomic E-state index is -0.168. The van der Waals surface area contributed by atoms with Crippen molar-refractivity contribution in [1.29, 1.82) is 0 Å². The summed E-state index contributed by atoms with van der Waals surface area (Å²) in [7, 11) is 0. The largest absolute Gasteiger partial charge is 0.492 e. The summed E-state index contributed by atoms with van der Waals surface area (Å²) in [5.74, 6) is 1.87. The van der Waals surface area contributed by atoms with Gasteiger partial charge in [-0.2, -0.15) is 0 Å². The zero-order valence-corrected chi connectivity index (χ0v) is 15.9. The van der Waals surface area contributed by atoms with E-state index in [0.29, 0.717) is 43.4 Å². The van der Waals surface area contributed by atoms with Crippen molar-refractivity contribution in [1.82, 2.24) is 5.32 Å². The van der Waals surface area contributed by atoms with Gasteiger partial charge in [-0.3, -0.25) is 4.79 Å². The molecule has 0 saturated carbocycles. The van der Waals surface area contributed by atoms with E-state index in [4.69, 9.17) is 14.2 Å². The van der Waals surface area contributed by atoms with E-state index in [-0.39, 0.29) is 5.91 Å². The van der Waals surface area contributed by atoms with Crippen molar-refractivity contribution in [2.75, 3.05) is 26.4 Å². The molecule has 0 heterocycles. The molecule has 0 fully saturated rings. The zero-order valence-electron chi connectivity index (χ0n) is 15.9. The van der Waals surface area contributed by atoms with Crippen LogP contribution >= 0.6 is 0 Å². The second kappa shape index (κ2) is 9.70. The Labute approximate surface area is 155 Å². The maximum absolute atomic E-state index is 12.3. The van der Waals surface area contributed by atoms with E-state index >= 15 is 0 Å². The van der Waals surface area contributed by atoms with Crippen molar-refractivity contribution in [3.05, 3.63) is 53.1 Å². The van der Waals surface area contributed by atoms with Gasteiger partial charge in [0.25, 0.3) is 5.91 Å². The Morgan fingerprint density at radius 1 is 0.885 bits per heavy atom. The molecule has 0 atom stereocenters. The van der Waals surface area contributed by atoms with Crippen molar-refractivity contribution >= 4 is 5.91 Å². The molecule has 5 nitrogen and oxygen atoms in total. The molecule has 1 N–H and O–H groups in total. The Morgan fingerprint density at radius 3 is 2.19 bits per heavy atom. The van der Waals surface area contributed by atoms with Gasteiger partial charge < -0.3 is 19.5 Å². The van der Waals surface area contributed by atoms with Crippen LogP contribution in [0.4, 0.5) is 0 Å². The van der Waals surface area contributed by atoms with Gasteiger partial charge in [-0.05, 0) is 69.2 Å². The highest BCUT2D eigenvalue weighted by atomic mass is 16.5. The first-order valence-corrected chi connectivity index (χ1v) is 8.92. The second-order valence-corrected chi connectivity index (χ2v) is 5.96. The molecule has 0 aromatic heterocycles. The third-order valence-corrected chi connectivity index (χ3v) is 3.66. The summed E-state index contributed by atoms with van der Waals surface area (Å²) in [5.41, 5.74) is 2.84. The third-order valence-electron chi connectivity index (χ3n) is 3.66. The molecule has 0 aliphatic carbocycles. The molecule has 0 bridgehead atoms. The summed E-state index contributed by atoms with van der Waals surface area (Å²) >= 11 is 0. The molecule has 0 aliphatic rings. The van der Waals surface area contributed by atoms with Crippen LogP contribution in [0, 0.1) is 13.8 Å². The number of hydrogen-bond acceptors (Lipinski definition) is 4. The van der Waals surface area contributed by atoms with Gasteiger partial charge in [0, 0.05) is 5.56 Å². The number of nitrogens with one attached hydrogen (secondary N) is 1. The van der Waals surface area contributed by atoms with E-state index < -0.39 is 0 Å². The monoisotopic (exact) mass is 357 g/mol. The minimum absolute atomic E-state index is 0.168. The number of hydrogen-bond donors (Lipinski definition) is 1. The average Bonchev–Trinajstić information content (AvgIpc) is 2.59. The maximum atomic E-state index is 12.3. The van der Waals surface area contributed by atoms with E-state index in [1.54, 1.807) is 18.2 Å². The lowest BCUT2D eigenvalue weighted by molar-refractivity contribution is 0.0946. The normalized spacial score (nSPS) is 10.3. The molecule has 140 valence electrons. The Kier molecular flexibility index (Phi) is 7.33. The molecule has 5 heteroatoms. The molecule has 0 unspecified atom stereocenters. The number of rotatable bonds is 9. The first-order valence-electron chi connectivity index (χ1n) is 8.92. The van der Waals surface area contributed by atoms with E-state index in [9.17, 15) is 4.79 Å². The van der Waals surface area contributed by atoms with Crippen LogP contribution in [0.1, 0.15) is 35.3 Å². The van der Waals surface area contributed by atoms with Gasteiger partial charge >= 0.3 is 0 Å². The summed E-state index contributed by atoms with van der Waals surface area (Å²) in [6.45, 7) is 9.75. The molecule has 2 aromatic carbocycles. The number of carbonyl (C=O) groups excluding carboxylic acids is 1. The van der Waals surface area contributed by atoms with Gasteiger partial charge in [-0.25, -0.2) is 0 Å². The zero-order chi connectivity index (χ0) is 18.9. The average molecular weight is 357 g/mol. The molecule has 0 aliphatic heterocycles. The van der Waals surface area contributed by atoms with Gasteiger partial charge in [0.15, 0.2) is 11.5 Å². The van der Waals surface area contributed by atoms with Crippen molar-refractivity contribution in [2.45, 2.75) is 27.7 Å². The van der Waals surface area contributed by atoms with Gasteiger partial charge in [-0.1, -0.05) is 6.07 Å². The smallest absolute Gasteiger partial charge is 0.251 e. The van der Waals surface area contributed by atoms with Crippen LogP contribution in [-0.4, -0.2) is 32.3 Å². The van der Waals surface area contributed by atoms with Crippen molar-refractivity contribution in [3.63, 3.8) is 0 Å². The van der Waals surface area contributed by atoms with Gasteiger partial charge in [0.1, 0.15) is 12.4 Å². The Hall–Kier alpha value is -2.69. The van der Waals surface area contributed by atoms with E-state index in [1.165, 1.54) is 0 Å². The molecule has 0 radical (unpaired) electrons. The lowest BCUT2D eigenvalue weighted by Crippen LogP contribution is -2.28. The first kappa shape index (κ1) is 19.6. The molecular formula is C21H27NO4. The number of carbonyl (C=O) groups is 1. The lowest BCUT2D eigenvalue weighted by atomic mass is 10.1. The summed E-state index contributed by atoms with van der Waals surface area (Å²) in [6, 6.07) is 11.2. The molecule has 2 rings (SSSR count). The molecule has 26 heavy (non-hydrogen) atoms. The van der Waals surface area contributed by atoms with Crippen LogP contribution in [0.3, 0.4) is 0 Å². The summed E-state index contributed by atoms with van der Waals surface area (Å²) < 4.78 is 16.8. The lowest BCUT2D eigenvalue weighted by Gasteiger charge is -2.13. The van der Waals surface area contributed by atoms with Crippen LogP contribution in [0.5, 0.6) is 17.2 Å². The molecule has 0 saturated heterocycles. The van der Waals surface area contributed by atoms with Crippen molar-refractivity contribution in [2.24, 2.45) is 0 Å². The van der Waals surface area contributed by atoms with Crippen molar-refractivity contribution < 1.29 is 19.0 Å². The number of amides is 1. The number of ether oxygens (including phenoxy) is 3. The van der Waals surface area contributed by atoms with Crippen LogP contribution < -0.4 is 19.5 Å². The third kappa shape index (κ3) is 5.69. The summed E-state index contributed by atoms with van der Waals surface area (Å²) in [4.78, 5) is 12.3. The van der Waals surface area contributed by atoms with E-state index in [0.717, 1.165) is 16.9 Å². The van der Waals surface area contributed by atoms with E-state index in [2.05, 4.69) is 11.4 Å². The fourth-order valence-electron chi connectivity index (χ4n) is 2.64. The van der Waals surface area contributed by atoms with Crippen LogP contribution in [0.25, 0.3) is 0 Å². The van der Waals surface area contributed by atoms with E-state index in [1.807, 2.05) is 39.8 Å². The molecular weight excluding hydrogens is 330 g/mol. The molecule has 0 spiro atoms. The number of benzene rings is 2. The fourth-order valence-corrected chi connectivity index (χ4v) is 2.64. The van der Waals surface area contributed by atoms with Gasteiger partial charge in [0.2, 0.25) is 0 Å². The Balaban J connectivity index is 1.89. The topological polar surface area (TPSA) is 56.8 Å². The Morgan fingerprint density at radius 2 is 1.54 bits per heavy atom. The van der Waals surface area contributed by atoms with Crippen molar-refractivity contribution in [3.8, 4) is 17.2 Å². The van der Waals surface area contributed by atoms with Crippen LogP contribution in [0.15, 0.2) is 36.4 Å². The van der Waals surface area contributed by atoms with Crippen LogP contribution in [0.2, 0.25) is 0 Å².